The Morgan fingerprint density at radius 2 is 0.859 bits per heavy atom. The third kappa shape index (κ3) is 6.52. The molecule has 0 saturated carbocycles. The molecule has 0 aliphatic carbocycles. The van der Waals surface area contributed by atoms with E-state index in [-0.39, 0.29) is 0 Å². The molecule has 64 heavy (non-hydrogen) atoms. The predicted molar refractivity (Wildman–Crippen MR) is 271 cm³/mol. The fourth-order valence-electron chi connectivity index (χ4n) is 9.65. The van der Waals surface area contributed by atoms with Gasteiger partial charge in [-0.3, -0.25) is 0 Å². The highest BCUT2D eigenvalue weighted by molar-refractivity contribution is 6.10. The summed E-state index contributed by atoms with van der Waals surface area (Å²) in [5.74, 6) is 0. The molecule has 0 atom stereocenters. The summed E-state index contributed by atoms with van der Waals surface area (Å²) in [5, 5.41) is 7.27. The van der Waals surface area contributed by atoms with E-state index < -0.39 is 0 Å². The van der Waals surface area contributed by atoms with Crippen molar-refractivity contribution in [2.24, 2.45) is 0 Å². The highest BCUT2D eigenvalue weighted by Gasteiger charge is 2.24. The van der Waals surface area contributed by atoms with Crippen LogP contribution < -0.4 is 4.90 Å². The number of furan rings is 1. The van der Waals surface area contributed by atoms with Crippen molar-refractivity contribution in [3.05, 3.63) is 249 Å². The van der Waals surface area contributed by atoms with E-state index in [1.807, 2.05) is 6.07 Å². The Morgan fingerprint density at radius 1 is 0.281 bits per heavy atom. The topological polar surface area (TPSA) is 16.4 Å². The molecule has 2 heteroatoms. The van der Waals surface area contributed by atoms with Crippen molar-refractivity contribution in [1.82, 2.24) is 0 Å². The maximum absolute atomic E-state index is 6.59. The molecular formula is C62H41NO. The number of nitrogens with zero attached hydrogens (tertiary/aromatic N) is 1. The van der Waals surface area contributed by atoms with Crippen LogP contribution in [0.4, 0.5) is 17.1 Å². The van der Waals surface area contributed by atoms with Crippen LogP contribution in [-0.4, -0.2) is 0 Å². The SMILES string of the molecule is c1ccc(-c2ccccc2-c2c(-c3ccccc3)cccc2N(c2ccc(-c3ccc4c(ccc5ccccc54)c3)cc2)c2cccc(-c3cccc4c3oc3ccccc34)c2)cc1. The van der Waals surface area contributed by atoms with Crippen molar-refractivity contribution >= 4 is 60.5 Å². The van der Waals surface area contributed by atoms with Crippen LogP contribution in [0.3, 0.4) is 0 Å². The predicted octanol–water partition coefficient (Wildman–Crippen LogP) is 17.7. The van der Waals surface area contributed by atoms with E-state index in [2.05, 4.69) is 248 Å². The average Bonchev–Trinajstić information content (AvgIpc) is 3.76. The number of anilines is 3. The summed E-state index contributed by atoms with van der Waals surface area (Å²) in [5.41, 5.74) is 16.4. The minimum Gasteiger partial charge on any atom is -0.455 e. The van der Waals surface area contributed by atoms with E-state index in [1.165, 1.54) is 38.2 Å². The van der Waals surface area contributed by atoms with Gasteiger partial charge in [0.15, 0.2) is 0 Å². The van der Waals surface area contributed by atoms with Gasteiger partial charge in [0.25, 0.3) is 0 Å². The largest absolute Gasteiger partial charge is 0.455 e. The third-order valence-electron chi connectivity index (χ3n) is 12.7. The first-order valence-corrected chi connectivity index (χ1v) is 21.9. The molecule has 11 aromatic carbocycles. The van der Waals surface area contributed by atoms with Gasteiger partial charge >= 0.3 is 0 Å². The van der Waals surface area contributed by atoms with Crippen LogP contribution in [0, 0.1) is 0 Å². The third-order valence-corrected chi connectivity index (χ3v) is 12.7. The van der Waals surface area contributed by atoms with Gasteiger partial charge in [-0.2, -0.15) is 0 Å². The van der Waals surface area contributed by atoms with Crippen molar-refractivity contribution in [3.63, 3.8) is 0 Å². The van der Waals surface area contributed by atoms with Gasteiger partial charge in [-0.1, -0.05) is 206 Å². The summed E-state index contributed by atoms with van der Waals surface area (Å²) in [6.45, 7) is 0. The van der Waals surface area contributed by atoms with E-state index in [1.54, 1.807) is 0 Å². The molecule has 0 fully saturated rings. The Kier molecular flexibility index (Phi) is 9.20. The summed E-state index contributed by atoms with van der Waals surface area (Å²) < 4.78 is 6.59. The van der Waals surface area contributed by atoms with E-state index >= 15 is 0 Å². The van der Waals surface area contributed by atoms with Gasteiger partial charge in [0.05, 0.1) is 5.69 Å². The van der Waals surface area contributed by atoms with Crippen LogP contribution in [0.25, 0.3) is 99.1 Å². The molecule has 0 bridgehead atoms. The van der Waals surface area contributed by atoms with Crippen LogP contribution in [0.5, 0.6) is 0 Å². The molecule has 0 N–H and O–H groups in total. The standard InChI is InChI=1S/C62H41NO/c1-3-16-43(17-4-1)52-24-9-10-26-57(52)61-54(44-18-5-2-6-19-44)27-15-30-59(61)63(50-22-13-21-47(41-50)55-28-14-29-58-56-25-11-12-31-60(56)64-62(55)58)49-37-34-42(35-38-49)46-36-39-53-48(40-46)33-32-45-20-7-8-23-51(45)53/h1-41H. The lowest BCUT2D eigenvalue weighted by Gasteiger charge is -2.30. The first kappa shape index (κ1) is 37.3. The first-order chi connectivity index (χ1) is 31.7. The zero-order chi connectivity index (χ0) is 42.4. The molecule has 0 saturated heterocycles. The highest BCUT2D eigenvalue weighted by atomic mass is 16.3. The van der Waals surface area contributed by atoms with Gasteiger partial charge in [-0.15, -0.1) is 0 Å². The van der Waals surface area contributed by atoms with Gasteiger partial charge < -0.3 is 9.32 Å². The molecule has 0 spiro atoms. The number of fused-ring (bicyclic) bond motifs is 6. The first-order valence-electron chi connectivity index (χ1n) is 21.9. The Hall–Kier alpha value is -8.46. The summed E-state index contributed by atoms with van der Waals surface area (Å²) in [6.07, 6.45) is 0. The fourth-order valence-corrected chi connectivity index (χ4v) is 9.65. The summed E-state index contributed by atoms with van der Waals surface area (Å²) >= 11 is 0. The van der Waals surface area contributed by atoms with Gasteiger partial charge in [-0.05, 0) is 109 Å². The maximum atomic E-state index is 6.59. The van der Waals surface area contributed by atoms with Crippen LogP contribution in [-0.2, 0) is 0 Å². The molecule has 0 amide bonds. The molecule has 0 aliphatic heterocycles. The smallest absolute Gasteiger partial charge is 0.143 e. The van der Waals surface area contributed by atoms with E-state index in [4.69, 9.17) is 4.42 Å². The molecule has 300 valence electrons. The summed E-state index contributed by atoms with van der Waals surface area (Å²) in [4.78, 5) is 2.43. The normalized spacial score (nSPS) is 11.4. The Morgan fingerprint density at radius 3 is 1.69 bits per heavy atom. The van der Waals surface area contributed by atoms with Crippen molar-refractivity contribution in [2.75, 3.05) is 4.90 Å². The second-order valence-electron chi connectivity index (χ2n) is 16.4. The molecule has 12 rings (SSSR count). The second-order valence-corrected chi connectivity index (χ2v) is 16.4. The van der Waals surface area contributed by atoms with E-state index in [9.17, 15) is 0 Å². The number of hydrogen-bond donors (Lipinski definition) is 0. The van der Waals surface area contributed by atoms with Crippen molar-refractivity contribution in [3.8, 4) is 55.6 Å². The molecule has 12 aromatic rings. The highest BCUT2D eigenvalue weighted by Crippen LogP contribution is 2.49. The molecule has 0 unspecified atom stereocenters. The monoisotopic (exact) mass is 815 g/mol. The molecule has 1 heterocycles. The van der Waals surface area contributed by atoms with Crippen LogP contribution >= 0.6 is 0 Å². The van der Waals surface area contributed by atoms with Crippen molar-refractivity contribution in [2.45, 2.75) is 0 Å². The minimum atomic E-state index is 0.891. The number of benzene rings is 11. The lowest BCUT2D eigenvalue weighted by atomic mass is 9.87. The lowest BCUT2D eigenvalue weighted by molar-refractivity contribution is 0.670. The summed E-state index contributed by atoms with van der Waals surface area (Å²) in [6, 6.07) is 89.8. The van der Waals surface area contributed by atoms with Gasteiger partial charge in [0.2, 0.25) is 0 Å². The zero-order valence-electron chi connectivity index (χ0n) is 35.0. The molecule has 1 aromatic heterocycles. The lowest BCUT2D eigenvalue weighted by Crippen LogP contribution is -2.12. The van der Waals surface area contributed by atoms with Crippen LogP contribution in [0.15, 0.2) is 253 Å². The van der Waals surface area contributed by atoms with Crippen molar-refractivity contribution in [1.29, 1.82) is 0 Å². The Balaban J connectivity index is 1.07. The van der Waals surface area contributed by atoms with E-state index in [0.717, 1.165) is 77.9 Å². The van der Waals surface area contributed by atoms with Gasteiger partial charge in [0, 0.05) is 33.3 Å². The maximum Gasteiger partial charge on any atom is 0.143 e. The molecular weight excluding hydrogens is 775 g/mol. The molecule has 0 radical (unpaired) electrons. The second kappa shape index (κ2) is 15.8. The minimum absolute atomic E-state index is 0.891. The quantitative estimate of drug-likeness (QED) is 0.142. The Bertz CT molecular complexity index is 3660. The molecule has 2 nitrogen and oxygen atoms in total. The number of rotatable bonds is 8. The van der Waals surface area contributed by atoms with Gasteiger partial charge in [-0.25, -0.2) is 0 Å². The van der Waals surface area contributed by atoms with Crippen LogP contribution in [0.1, 0.15) is 0 Å². The zero-order valence-corrected chi connectivity index (χ0v) is 35.0. The molecule has 0 aliphatic rings. The average molecular weight is 816 g/mol. The van der Waals surface area contributed by atoms with Crippen molar-refractivity contribution < 1.29 is 4.42 Å². The summed E-state index contributed by atoms with van der Waals surface area (Å²) in [7, 11) is 0. The fraction of sp³-hybridized carbons (Fsp3) is 0. The number of para-hydroxylation sites is 2. The number of hydrogen-bond acceptors (Lipinski definition) is 2. The Labute approximate surface area is 372 Å². The van der Waals surface area contributed by atoms with Gasteiger partial charge in [0.1, 0.15) is 11.2 Å². The van der Waals surface area contributed by atoms with Crippen LogP contribution in [0.2, 0.25) is 0 Å². The van der Waals surface area contributed by atoms with E-state index in [0.29, 0.717) is 0 Å².